The number of methoxy groups -OCH3 is 1. The third kappa shape index (κ3) is 4.80. The summed E-state index contributed by atoms with van der Waals surface area (Å²) in [4.78, 5) is 26.3. The van der Waals surface area contributed by atoms with Crippen LogP contribution in [-0.2, 0) is 13.2 Å². The topological polar surface area (TPSA) is 68.4 Å². The maximum Gasteiger partial charge on any atom is 0.418 e. The number of fused-ring (bicyclic) bond motifs is 3. The second-order valence-corrected chi connectivity index (χ2v) is 10.3. The van der Waals surface area contributed by atoms with Crippen LogP contribution in [0.2, 0.25) is 0 Å². The Morgan fingerprint density at radius 1 is 0.878 bits per heavy atom. The van der Waals surface area contributed by atoms with Gasteiger partial charge in [0, 0.05) is 55.6 Å². The Balaban J connectivity index is 1.55. The number of hydrogen-bond acceptors (Lipinski definition) is 6. The van der Waals surface area contributed by atoms with E-state index in [0.29, 0.717) is 47.5 Å². The van der Waals surface area contributed by atoms with Crippen LogP contribution in [0, 0.1) is 0 Å². The molecule has 1 aliphatic heterocycles. The lowest BCUT2D eigenvalue weighted by molar-refractivity contribution is -0.137. The maximum atomic E-state index is 14.5. The molecular weight excluding hydrogens is 533 g/mol. The highest BCUT2D eigenvalue weighted by Crippen LogP contribution is 2.39. The highest BCUT2D eigenvalue weighted by molar-refractivity contribution is 6.04. The first kappa shape index (κ1) is 26.8. The molecule has 8 nitrogen and oxygen atoms in total. The molecule has 0 saturated carbocycles. The SMILES string of the molecule is COc1ccc(-c2ccc3ncc4c(c3c2)n(-c2ccc(N3CCCN(C)CC3)c(C(F)(F)F)c2)c(=O)n4C)cn1. The summed E-state index contributed by atoms with van der Waals surface area (Å²) in [5.74, 6) is 0.478. The van der Waals surface area contributed by atoms with Crippen LogP contribution in [0.1, 0.15) is 12.0 Å². The molecule has 41 heavy (non-hydrogen) atoms. The molecule has 0 unspecified atom stereocenters. The van der Waals surface area contributed by atoms with E-state index in [-0.39, 0.29) is 11.4 Å². The van der Waals surface area contributed by atoms with Crippen molar-refractivity contribution in [1.82, 2.24) is 24.0 Å². The molecule has 0 amide bonds. The van der Waals surface area contributed by atoms with E-state index in [1.54, 1.807) is 43.6 Å². The first-order valence-corrected chi connectivity index (χ1v) is 13.3. The van der Waals surface area contributed by atoms with Gasteiger partial charge < -0.3 is 14.5 Å². The number of nitrogens with zero attached hydrogens (tertiary/aromatic N) is 6. The van der Waals surface area contributed by atoms with Crippen LogP contribution in [0.15, 0.2) is 65.7 Å². The third-order valence-corrected chi connectivity index (χ3v) is 7.77. The van der Waals surface area contributed by atoms with Crippen LogP contribution in [0.4, 0.5) is 18.9 Å². The number of pyridine rings is 2. The Morgan fingerprint density at radius 3 is 2.41 bits per heavy atom. The van der Waals surface area contributed by atoms with Crippen LogP contribution in [-0.4, -0.2) is 64.3 Å². The van der Waals surface area contributed by atoms with E-state index < -0.39 is 17.4 Å². The standard InChI is InChI=1S/C30H29F3N6O2/c1-36-11-4-12-38(14-13-36)25-9-7-21(16-23(25)30(31,32)33)39-28-22-15-19(20-6-10-27(41-3)35-17-20)5-8-24(22)34-18-26(28)37(2)29(39)40/h5-10,15-18H,4,11-14H2,1-3H3. The summed E-state index contributed by atoms with van der Waals surface area (Å²) >= 11 is 0. The molecule has 6 rings (SSSR count). The van der Waals surface area contributed by atoms with Crippen molar-refractivity contribution in [2.24, 2.45) is 7.05 Å². The van der Waals surface area contributed by atoms with E-state index in [1.807, 2.05) is 31.3 Å². The van der Waals surface area contributed by atoms with E-state index in [0.717, 1.165) is 30.2 Å². The fourth-order valence-corrected chi connectivity index (χ4v) is 5.54. The van der Waals surface area contributed by atoms with Gasteiger partial charge in [0.25, 0.3) is 0 Å². The van der Waals surface area contributed by atoms with Gasteiger partial charge >= 0.3 is 11.9 Å². The number of rotatable bonds is 4. The van der Waals surface area contributed by atoms with Crippen molar-refractivity contribution in [3.8, 4) is 22.7 Å². The zero-order valence-corrected chi connectivity index (χ0v) is 22.9. The lowest BCUT2D eigenvalue weighted by atomic mass is 10.0. The van der Waals surface area contributed by atoms with Gasteiger partial charge in [0.1, 0.15) is 0 Å². The Labute approximate surface area is 234 Å². The predicted octanol–water partition coefficient (Wildman–Crippen LogP) is 5.11. The third-order valence-electron chi connectivity index (χ3n) is 7.77. The molecule has 0 radical (unpaired) electrons. The molecule has 0 atom stereocenters. The smallest absolute Gasteiger partial charge is 0.418 e. The van der Waals surface area contributed by atoms with E-state index in [1.165, 1.54) is 15.2 Å². The minimum atomic E-state index is -4.60. The summed E-state index contributed by atoms with van der Waals surface area (Å²) in [6.07, 6.45) is -0.573. The van der Waals surface area contributed by atoms with Gasteiger partial charge in [0.2, 0.25) is 5.88 Å². The molecule has 3 aromatic heterocycles. The number of alkyl halides is 3. The number of likely N-dealkylation sites (N-methyl/N-ethyl adjacent to an activating group) is 1. The molecule has 11 heteroatoms. The fraction of sp³-hybridized carbons (Fsp3) is 0.300. The van der Waals surface area contributed by atoms with Crippen molar-refractivity contribution in [2.75, 3.05) is 45.2 Å². The zero-order chi connectivity index (χ0) is 28.9. The van der Waals surface area contributed by atoms with E-state index in [2.05, 4.69) is 14.9 Å². The van der Waals surface area contributed by atoms with Crippen LogP contribution >= 0.6 is 0 Å². The summed E-state index contributed by atoms with van der Waals surface area (Å²) < 4.78 is 51.4. The van der Waals surface area contributed by atoms with Crippen molar-refractivity contribution in [3.63, 3.8) is 0 Å². The highest BCUT2D eigenvalue weighted by atomic mass is 19.4. The van der Waals surface area contributed by atoms with E-state index in [4.69, 9.17) is 4.74 Å². The number of ether oxygens (including phenoxy) is 1. The molecule has 1 aliphatic rings. The average molecular weight is 563 g/mol. The number of anilines is 1. The monoisotopic (exact) mass is 562 g/mol. The van der Waals surface area contributed by atoms with Gasteiger partial charge in [-0.05, 0) is 62.0 Å². The summed E-state index contributed by atoms with van der Waals surface area (Å²) in [6.45, 7) is 2.52. The zero-order valence-electron chi connectivity index (χ0n) is 22.9. The summed E-state index contributed by atoms with van der Waals surface area (Å²) in [6, 6.07) is 13.4. The van der Waals surface area contributed by atoms with Gasteiger partial charge in [-0.3, -0.25) is 14.1 Å². The molecule has 212 valence electrons. The molecule has 0 N–H and O–H groups in total. The van der Waals surface area contributed by atoms with Gasteiger partial charge in [0.15, 0.2) is 0 Å². The number of aromatic nitrogens is 4. The van der Waals surface area contributed by atoms with Crippen LogP contribution < -0.4 is 15.3 Å². The Kier molecular flexibility index (Phi) is 6.69. The summed E-state index contributed by atoms with van der Waals surface area (Å²) in [7, 11) is 5.11. The van der Waals surface area contributed by atoms with Crippen molar-refractivity contribution in [2.45, 2.75) is 12.6 Å². The quantitative estimate of drug-likeness (QED) is 0.303. The molecule has 0 aliphatic carbocycles. The number of benzene rings is 2. The maximum absolute atomic E-state index is 14.5. The normalized spacial score (nSPS) is 15.0. The van der Waals surface area contributed by atoms with E-state index >= 15 is 0 Å². The molecule has 5 aromatic rings. The molecule has 1 saturated heterocycles. The van der Waals surface area contributed by atoms with Crippen LogP contribution in [0.25, 0.3) is 38.8 Å². The molecule has 4 heterocycles. The Hall–Kier alpha value is -4.38. The lowest BCUT2D eigenvalue weighted by Crippen LogP contribution is -2.30. The number of imidazole rings is 1. The summed E-state index contributed by atoms with van der Waals surface area (Å²) in [5, 5.41) is 0.640. The molecular formula is C30H29F3N6O2. The van der Waals surface area contributed by atoms with Crippen molar-refractivity contribution >= 4 is 27.6 Å². The van der Waals surface area contributed by atoms with Crippen LogP contribution in [0.5, 0.6) is 5.88 Å². The summed E-state index contributed by atoms with van der Waals surface area (Å²) in [5.41, 5.74) is 2.32. The molecule has 1 fully saturated rings. The minimum Gasteiger partial charge on any atom is -0.481 e. The van der Waals surface area contributed by atoms with Gasteiger partial charge in [-0.2, -0.15) is 13.2 Å². The van der Waals surface area contributed by atoms with Gasteiger partial charge in [-0.1, -0.05) is 6.07 Å². The van der Waals surface area contributed by atoms with Crippen LogP contribution in [0.3, 0.4) is 0 Å². The fourth-order valence-electron chi connectivity index (χ4n) is 5.54. The predicted molar refractivity (Wildman–Crippen MR) is 153 cm³/mol. The minimum absolute atomic E-state index is 0.130. The lowest BCUT2D eigenvalue weighted by Gasteiger charge is -2.27. The Bertz CT molecular complexity index is 1810. The van der Waals surface area contributed by atoms with Gasteiger partial charge in [-0.25, -0.2) is 9.78 Å². The number of hydrogen-bond donors (Lipinski definition) is 0. The van der Waals surface area contributed by atoms with Crippen molar-refractivity contribution < 1.29 is 17.9 Å². The number of halogens is 3. The second-order valence-electron chi connectivity index (χ2n) is 10.3. The number of aryl methyl sites for hydroxylation is 1. The Morgan fingerprint density at radius 2 is 1.68 bits per heavy atom. The first-order chi connectivity index (χ1) is 19.7. The van der Waals surface area contributed by atoms with Gasteiger partial charge in [-0.15, -0.1) is 0 Å². The molecule has 0 spiro atoms. The molecule has 2 aromatic carbocycles. The van der Waals surface area contributed by atoms with E-state index in [9.17, 15) is 18.0 Å². The largest absolute Gasteiger partial charge is 0.481 e. The average Bonchev–Trinajstić information content (AvgIpc) is 3.09. The second kappa shape index (κ2) is 10.2. The van der Waals surface area contributed by atoms with Crippen molar-refractivity contribution in [1.29, 1.82) is 0 Å². The first-order valence-electron chi connectivity index (χ1n) is 13.3. The molecule has 0 bridgehead atoms. The van der Waals surface area contributed by atoms with Crippen molar-refractivity contribution in [3.05, 3.63) is 77.0 Å². The van der Waals surface area contributed by atoms with Gasteiger partial charge in [0.05, 0.1) is 41.1 Å². The highest BCUT2D eigenvalue weighted by Gasteiger charge is 2.36.